The van der Waals surface area contributed by atoms with E-state index in [-0.39, 0.29) is 19.4 Å². The second-order valence-electron chi connectivity index (χ2n) is 2.86. The summed E-state index contributed by atoms with van der Waals surface area (Å²) in [6.07, 6.45) is -0.634. The lowest BCUT2D eigenvalue weighted by Gasteiger charge is -2.18. The molecule has 78 valence electrons. The molecule has 1 unspecified atom stereocenters. The van der Waals surface area contributed by atoms with Gasteiger partial charge in [0, 0.05) is 6.42 Å². The number of imide groups is 1. The van der Waals surface area contributed by atoms with Crippen molar-refractivity contribution in [2.45, 2.75) is 25.8 Å². The van der Waals surface area contributed by atoms with Crippen LogP contribution in [0.4, 0.5) is 4.79 Å². The van der Waals surface area contributed by atoms with E-state index in [1.165, 1.54) is 0 Å². The molecule has 1 heterocycles. The van der Waals surface area contributed by atoms with Crippen LogP contribution in [0.1, 0.15) is 19.8 Å². The molecule has 0 radical (unpaired) electrons. The third-order valence-corrected chi connectivity index (χ3v) is 1.96. The fourth-order valence-electron chi connectivity index (χ4n) is 1.34. The number of hydrogen-bond donors (Lipinski definition) is 1. The molecule has 1 rings (SSSR count). The van der Waals surface area contributed by atoms with Gasteiger partial charge in [-0.15, -0.1) is 0 Å². The first-order valence-corrected chi connectivity index (χ1v) is 4.29. The molecule has 1 atom stereocenters. The topological polar surface area (TPSA) is 83.9 Å². The van der Waals surface area contributed by atoms with Crippen LogP contribution in [0.25, 0.3) is 0 Å². The van der Waals surface area contributed by atoms with Crippen LogP contribution in [0.3, 0.4) is 0 Å². The minimum absolute atomic E-state index is 0.0791. The lowest BCUT2D eigenvalue weighted by Crippen LogP contribution is -2.43. The zero-order chi connectivity index (χ0) is 10.7. The molecule has 1 fully saturated rings. The lowest BCUT2D eigenvalue weighted by molar-refractivity contribution is -0.145. The number of aliphatic carboxylic acids is 1. The Morgan fingerprint density at radius 1 is 1.64 bits per heavy atom. The number of ether oxygens (including phenoxy) is 1. The van der Waals surface area contributed by atoms with Crippen molar-refractivity contribution in [1.29, 1.82) is 0 Å². The van der Waals surface area contributed by atoms with Crippen LogP contribution < -0.4 is 0 Å². The zero-order valence-corrected chi connectivity index (χ0v) is 7.73. The van der Waals surface area contributed by atoms with Gasteiger partial charge in [-0.25, -0.2) is 14.5 Å². The van der Waals surface area contributed by atoms with Crippen molar-refractivity contribution in [2.24, 2.45) is 0 Å². The molecule has 6 heteroatoms. The lowest BCUT2D eigenvalue weighted by atomic mass is 10.2. The molecule has 14 heavy (non-hydrogen) atoms. The first-order chi connectivity index (χ1) is 6.57. The molecule has 0 bridgehead atoms. The summed E-state index contributed by atoms with van der Waals surface area (Å²) in [5.41, 5.74) is 0. The summed E-state index contributed by atoms with van der Waals surface area (Å²) in [6.45, 7) is 1.71. The van der Waals surface area contributed by atoms with Gasteiger partial charge in [0.25, 0.3) is 0 Å². The molecule has 1 aliphatic heterocycles. The predicted octanol–water partition coefficient (Wildman–Crippen LogP) is 0.219. The van der Waals surface area contributed by atoms with Gasteiger partial charge in [-0.1, -0.05) is 0 Å². The zero-order valence-electron chi connectivity index (χ0n) is 7.73. The van der Waals surface area contributed by atoms with Gasteiger partial charge < -0.3 is 9.84 Å². The highest BCUT2D eigenvalue weighted by Crippen LogP contribution is 2.19. The summed E-state index contributed by atoms with van der Waals surface area (Å²) < 4.78 is 4.58. The molecule has 0 aromatic rings. The minimum atomic E-state index is -1.18. The van der Waals surface area contributed by atoms with Crippen LogP contribution in [0.15, 0.2) is 0 Å². The standard InChI is InChI=1S/C8H11NO5/c1-2-14-8(13)9-5(7(11)12)3-4-6(9)10/h5H,2-4H2,1H3,(H,11,12). The Balaban J connectivity index is 2.76. The molecule has 1 N–H and O–H groups in total. The van der Waals surface area contributed by atoms with E-state index in [1.807, 2.05) is 0 Å². The fraction of sp³-hybridized carbons (Fsp3) is 0.625. The predicted molar refractivity (Wildman–Crippen MR) is 44.5 cm³/mol. The third-order valence-electron chi connectivity index (χ3n) is 1.96. The van der Waals surface area contributed by atoms with Crippen molar-refractivity contribution in [2.75, 3.05) is 6.61 Å². The Bertz CT molecular complexity index is 275. The molecule has 1 saturated heterocycles. The average molecular weight is 201 g/mol. The smallest absolute Gasteiger partial charge is 0.417 e. The van der Waals surface area contributed by atoms with Crippen molar-refractivity contribution in [3.63, 3.8) is 0 Å². The Labute approximate surface area is 80.4 Å². The summed E-state index contributed by atoms with van der Waals surface area (Å²) in [5.74, 6) is -1.67. The third kappa shape index (κ3) is 1.84. The molecule has 0 spiro atoms. The number of nitrogens with zero attached hydrogens (tertiary/aromatic N) is 1. The monoisotopic (exact) mass is 201 g/mol. The van der Waals surface area contributed by atoms with Crippen LogP contribution in [0.2, 0.25) is 0 Å². The van der Waals surface area contributed by atoms with Gasteiger partial charge in [-0.05, 0) is 13.3 Å². The summed E-state index contributed by atoms with van der Waals surface area (Å²) in [4.78, 5) is 33.7. The molecule has 6 nitrogen and oxygen atoms in total. The largest absolute Gasteiger partial charge is 0.480 e. The molecule has 1 aliphatic rings. The molecular weight excluding hydrogens is 190 g/mol. The maximum atomic E-state index is 11.2. The van der Waals surface area contributed by atoms with Gasteiger partial charge in [0.2, 0.25) is 5.91 Å². The second kappa shape index (κ2) is 4.08. The molecule has 0 aromatic heterocycles. The van der Waals surface area contributed by atoms with Gasteiger partial charge in [-0.2, -0.15) is 0 Å². The SMILES string of the molecule is CCOC(=O)N1C(=O)CCC1C(=O)O. The van der Waals surface area contributed by atoms with Crippen LogP contribution in [-0.4, -0.2) is 40.6 Å². The Morgan fingerprint density at radius 2 is 2.29 bits per heavy atom. The Kier molecular flexibility index (Phi) is 3.06. The number of amides is 2. The maximum absolute atomic E-state index is 11.2. The van der Waals surface area contributed by atoms with E-state index in [1.54, 1.807) is 6.92 Å². The number of carbonyl (C=O) groups is 3. The van der Waals surface area contributed by atoms with Crippen LogP contribution in [-0.2, 0) is 14.3 Å². The highest BCUT2D eigenvalue weighted by Gasteiger charge is 2.41. The number of rotatable bonds is 2. The molecule has 0 aliphatic carbocycles. The highest BCUT2D eigenvalue weighted by atomic mass is 16.6. The highest BCUT2D eigenvalue weighted by molar-refractivity contribution is 5.99. The van der Waals surface area contributed by atoms with Crippen molar-refractivity contribution >= 4 is 18.0 Å². The van der Waals surface area contributed by atoms with E-state index < -0.39 is 24.0 Å². The van der Waals surface area contributed by atoms with Crippen molar-refractivity contribution in [3.05, 3.63) is 0 Å². The van der Waals surface area contributed by atoms with Gasteiger partial charge >= 0.3 is 12.1 Å². The van der Waals surface area contributed by atoms with E-state index >= 15 is 0 Å². The summed E-state index contributed by atoms with van der Waals surface area (Å²) in [7, 11) is 0. The van der Waals surface area contributed by atoms with E-state index in [4.69, 9.17) is 5.11 Å². The summed E-state index contributed by atoms with van der Waals surface area (Å²) in [5, 5.41) is 8.72. The first kappa shape index (κ1) is 10.5. The average Bonchev–Trinajstić information content (AvgIpc) is 2.47. The van der Waals surface area contributed by atoms with Crippen molar-refractivity contribution in [1.82, 2.24) is 4.90 Å². The second-order valence-corrected chi connectivity index (χ2v) is 2.86. The minimum Gasteiger partial charge on any atom is -0.480 e. The molecule has 0 aromatic carbocycles. The number of carboxylic acids is 1. The van der Waals surface area contributed by atoms with Crippen molar-refractivity contribution < 1.29 is 24.2 Å². The summed E-state index contributed by atoms with van der Waals surface area (Å²) >= 11 is 0. The van der Waals surface area contributed by atoms with Gasteiger partial charge in [0.15, 0.2) is 0 Å². The fourth-order valence-corrected chi connectivity index (χ4v) is 1.34. The number of carboxylic acid groups (broad SMARTS) is 1. The van der Waals surface area contributed by atoms with E-state index in [2.05, 4.69) is 4.74 Å². The van der Waals surface area contributed by atoms with E-state index in [9.17, 15) is 14.4 Å². The molecule has 0 saturated carbocycles. The summed E-state index contributed by atoms with van der Waals surface area (Å²) in [6, 6.07) is -1.07. The first-order valence-electron chi connectivity index (χ1n) is 4.29. The maximum Gasteiger partial charge on any atom is 0.417 e. The normalized spacial score (nSPS) is 21.1. The molecular formula is C8H11NO5. The molecule has 2 amide bonds. The van der Waals surface area contributed by atoms with Gasteiger partial charge in [0.05, 0.1) is 6.61 Å². The van der Waals surface area contributed by atoms with Crippen molar-refractivity contribution in [3.8, 4) is 0 Å². The van der Waals surface area contributed by atoms with Crippen LogP contribution in [0, 0.1) is 0 Å². The van der Waals surface area contributed by atoms with E-state index in [0.717, 1.165) is 0 Å². The van der Waals surface area contributed by atoms with Crippen LogP contribution >= 0.6 is 0 Å². The number of hydrogen-bond acceptors (Lipinski definition) is 4. The quantitative estimate of drug-likeness (QED) is 0.690. The Morgan fingerprint density at radius 3 is 2.79 bits per heavy atom. The Hall–Kier alpha value is -1.59. The van der Waals surface area contributed by atoms with Gasteiger partial charge in [-0.3, -0.25) is 4.79 Å². The van der Waals surface area contributed by atoms with E-state index in [0.29, 0.717) is 4.90 Å². The number of carbonyl (C=O) groups excluding carboxylic acids is 2. The number of likely N-dealkylation sites (tertiary alicyclic amines) is 1. The van der Waals surface area contributed by atoms with Gasteiger partial charge in [0.1, 0.15) is 6.04 Å². The van der Waals surface area contributed by atoms with Crippen LogP contribution in [0.5, 0.6) is 0 Å².